The molecule has 1 saturated heterocycles. The van der Waals surface area contributed by atoms with Gasteiger partial charge < -0.3 is 20.7 Å². The average molecular weight is 360 g/mol. The third-order valence-electron chi connectivity index (χ3n) is 4.74. The maximum Gasteiger partial charge on any atom is 0.325 e. The fourth-order valence-electron chi connectivity index (χ4n) is 2.97. The number of hydrogen-bond donors (Lipinski definition) is 2. The van der Waals surface area contributed by atoms with E-state index in [9.17, 15) is 19.2 Å². The molecule has 1 aromatic rings. The standard InChI is InChI=1S/C17H20N4O5/c1-3-17(2)15(24)21(16(25)19-17)9-13(22)20-8-12(14(18)23)26-11-7-5-4-6-10(11)20/h4-7,12H,3,8-9H2,1-2H3,(H2,18,23)(H,19,25). The summed E-state index contributed by atoms with van der Waals surface area (Å²) in [5, 5.41) is 2.60. The molecule has 3 rings (SSSR count). The molecule has 2 unspecified atom stereocenters. The Balaban J connectivity index is 1.84. The fourth-order valence-corrected chi connectivity index (χ4v) is 2.97. The number of ether oxygens (including phenoxy) is 1. The third kappa shape index (κ3) is 2.85. The highest BCUT2D eigenvalue weighted by atomic mass is 16.5. The summed E-state index contributed by atoms with van der Waals surface area (Å²) in [7, 11) is 0. The van der Waals surface area contributed by atoms with Crippen LogP contribution in [0, 0.1) is 0 Å². The van der Waals surface area contributed by atoms with Crippen LogP contribution >= 0.6 is 0 Å². The van der Waals surface area contributed by atoms with Gasteiger partial charge in [0.25, 0.3) is 11.8 Å². The SMILES string of the molecule is CCC1(C)NC(=O)N(CC(=O)N2CC(C(N)=O)Oc3ccccc32)C1=O. The quantitative estimate of drug-likeness (QED) is 0.731. The van der Waals surface area contributed by atoms with E-state index in [4.69, 9.17) is 10.5 Å². The second-order valence-corrected chi connectivity index (χ2v) is 6.49. The molecule has 0 spiro atoms. The van der Waals surface area contributed by atoms with Gasteiger partial charge in [-0.2, -0.15) is 0 Å². The van der Waals surface area contributed by atoms with Crippen LogP contribution in [0.25, 0.3) is 0 Å². The van der Waals surface area contributed by atoms with Gasteiger partial charge in [0.1, 0.15) is 17.8 Å². The van der Waals surface area contributed by atoms with Crippen molar-refractivity contribution in [3.63, 3.8) is 0 Å². The number of carbonyl (C=O) groups is 4. The van der Waals surface area contributed by atoms with Gasteiger partial charge in [0.2, 0.25) is 5.91 Å². The number of nitrogens with two attached hydrogens (primary N) is 1. The maximum atomic E-state index is 12.8. The fraction of sp³-hybridized carbons (Fsp3) is 0.412. The lowest BCUT2D eigenvalue weighted by Gasteiger charge is -2.34. The van der Waals surface area contributed by atoms with Crippen molar-refractivity contribution in [2.75, 3.05) is 18.0 Å². The molecule has 0 aromatic heterocycles. The van der Waals surface area contributed by atoms with Gasteiger partial charge in [-0.25, -0.2) is 4.79 Å². The average Bonchev–Trinajstić information content (AvgIpc) is 2.84. The number of rotatable bonds is 4. The van der Waals surface area contributed by atoms with Crippen LogP contribution in [0.5, 0.6) is 5.75 Å². The van der Waals surface area contributed by atoms with E-state index in [2.05, 4.69) is 5.32 Å². The van der Waals surface area contributed by atoms with Crippen LogP contribution < -0.4 is 20.7 Å². The first-order valence-electron chi connectivity index (χ1n) is 8.26. The van der Waals surface area contributed by atoms with Crippen molar-refractivity contribution in [3.05, 3.63) is 24.3 Å². The number of nitrogens with one attached hydrogen (secondary N) is 1. The number of nitrogens with zero attached hydrogens (tertiary/aromatic N) is 2. The molecule has 5 amide bonds. The van der Waals surface area contributed by atoms with E-state index >= 15 is 0 Å². The minimum absolute atomic E-state index is 0.0835. The summed E-state index contributed by atoms with van der Waals surface area (Å²) in [6.07, 6.45) is -0.593. The predicted octanol–water partition coefficient (Wildman–Crippen LogP) is -0.0136. The van der Waals surface area contributed by atoms with E-state index in [1.54, 1.807) is 38.1 Å². The normalized spacial score (nSPS) is 24.8. The van der Waals surface area contributed by atoms with E-state index in [0.29, 0.717) is 17.9 Å². The van der Waals surface area contributed by atoms with Crippen molar-refractivity contribution in [2.45, 2.75) is 31.9 Å². The van der Waals surface area contributed by atoms with Gasteiger partial charge >= 0.3 is 6.03 Å². The highest BCUT2D eigenvalue weighted by Crippen LogP contribution is 2.33. The number of primary amides is 1. The molecule has 9 nitrogen and oxygen atoms in total. The minimum Gasteiger partial charge on any atom is -0.477 e. The molecule has 2 atom stereocenters. The number of carbonyl (C=O) groups excluding carboxylic acids is 4. The Morgan fingerprint density at radius 2 is 2.04 bits per heavy atom. The van der Waals surface area contributed by atoms with Crippen LogP contribution in [0.3, 0.4) is 0 Å². The molecule has 9 heteroatoms. The zero-order valence-corrected chi connectivity index (χ0v) is 14.5. The highest BCUT2D eigenvalue weighted by Gasteiger charge is 2.47. The van der Waals surface area contributed by atoms with Crippen molar-refractivity contribution in [3.8, 4) is 5.75 Å². The van der Waals surface area contributed by atoms with Crippen molar-refractivity contribution in [2.24, 2.45) is 5.73 Å². The number of anilines is 1. The Hall–Kier alpha value is -3.10. The topological polar surface area (TPSA) is 122 Å². The summed E-state index contributed by atoms with van der Waals surface area (Å²) in [4.78, 5) is 51.2. The molecule has 2 aliphatic heterocycles. The predicted molar refractivity (Wildman–Crippen MR) is 91.3 cm³/mol. The Labute approximate surface area is 150 Å². The zero-order chi connectivity index (χ0) is 19.1. The van der Waals surface area contributed by atoms with Gasteiger partial charge in [-0.05, 0) is 25.5 Å². The summed E-state index contributed by atoms with van der Waals surface area (Å²) in [5.41, 5.74) is 4.76. The van der Waals surface area contributed by atoms with Crippen LogP contribution in [0.15, 0.2) is 24.3 Å². The van der Waals surface area contributed by atoms with Crippen molar-refractivity contribution < 1.29 is 23.9 Å². The molecule has 0 saturated carbocycles. The maximum absolute atomic E-state index is 12.8. The van der Waals surface area contributed by atoms with E-state index in [0.717, 1.165) is 4.90 Å². The molecule has 2 heterocycles. The number of urea groups is 1. The lowest BCUT2D eigenvalue weighted by molar-refractivity contribution is -0.134. The molecule has 0 radical (unpaired) electrons. The largest absolute Gasteiger partial charge is 0.477 e. The van der Waals surface area contributed by atoms with Crippen molar-refractivity contribution >= 4 is 29.4 Å². The van der Waals surface area contributed by atoms with Crippen LogP contribution in [0.2, 0.25) is 0 Å². The molecular weight excluding hydrogens is 340 g/mol. The molecule has 0 aliphatic carbocycles. The smallest absolute Gasteiger partial charge is 0.325 e. The van der Waals surface area contributed by atoms with Gasteiger partial charge in [-0.1, -0.05) is 19.1 Å². The van der Waals surface area contributed by atoms with Crippen molar-refractivity contribution in [1.29, 1.82) is 0 Å². The van der Waals surface area contributed by atoms with Gasteiger partial charge in [0.15, 0.2) is 6.10 Å². The lowest BCUT2D eigenvalue weighted by Crippen LogP contribution is -2.52. The Bertz CT molecular complexity index is 795. The molecule has 2 aliphatic rings. The molecule has 138 valence electrons. The number of fused-ring (bicyclic) bond motifs is 1. The van der Waals surface area contributed by atoms with Crippen LogP contribution in [-0.2, 0) is 14.4 Å². The molecule has 26 heavy (non-hydrogen) atoms. The van der Waals surface area contributed by atoms with Gasteiger partial charge in [-0.15, -0.1) is 0 Å². The monoisotopic (exact) mass is 360 g/mol. The number of hydrogen-bond acceptors (Lipinski definition) is 5. The second-order valence-electron chi connectivity index (χ2n) is 6.49. The van der Waals surface area contributed by atoms with Gasteiger partial charge in [-0.3, -0.25) is 19.3 Å². The zero-order valence-electron chi connectivity index (χ0n) is 14.5. The molecule has 0 bridgehead atoms. The highest BCUT2D eigenvalue weighted by molar-refractivity contribution is 6.10. The first-order chi connectivity index (χ1) is 12.3. The van der Waals surface area contributed by atoms with Crippen LogP contribution in [0.4, 0.5) is 10.5 Å². The van der Waals surface area contributed by atoms with E-state index in [-0.39, 0.29) is 6.54 Å². The summed E-state index contributed by atoms with van der Waals surface area (Å²) in [5.74, 6) is -1.32. The molecule has 3 N–H and O–H groups in total. The van der Waals surface area contributed by atoms with Crippen molar-refractivity contribution in [1.82, 2.24) is 10.2 Å². The molecular formula is C17H20N4O5. The number of para-hydroxylation sites is 2. The number of benzene rings is 1. The van der Waals surface area contributed by atoms with E-state index in [1.807, 2.05) is 0 Å². The second kappa shape index (κ2) is 6.32. The molecule has 1 aromatic carbocycles. The lowest BCUT2D eigenvalue weighted by atomic mass is 9.99. The van der Waals surface area contributed by atoms with Gasteiger partial charge in [0, 0.05) is 0 Å². The molecule has 1 fully saturated rings. The van der Waals surface area contributed by atoms with E-state index in [1.165, 1.54) is 4.90 Å². The first kappa shape index (κ1) is 17.7. The third-order valence-corrected chi connectivity index (χ3v) is 4.74. The van der Waals surface area contributed by atoms with Crippen LogP contribution in [-0.4, -0.2) is 53.4 Å². The van der Waals surface area contributed by atoms with E-state index < -0.39 is 41.9 Å². The summed E-state index contributed by atoms with van der Waals surface area (Å²) in [6, 6.07) is 6.09. The number of amides is 5. The Kier molecular flexibility index (Phi) is 4.31. The minimum atomic E-state index is -1.02. The summed E-state index contributed by atoms with van der Waals surface area (Å²) in [6.45, 7) is 2.88. The summed E-state index contributed by atoms with van der Waals surface area (Å²) >= 11 is 0. The van der Waals surface area contributed by atoms with Crippen LogP contribution in [0.1, 0.15) is 20.3 Å². The Morgan fingerprint density at radius 1 is 1.35 bits per heavy atom. The van der Waals surface area contributed by atoms with Gasteiger partial charge in [0.05, 0.1) is 12.2 Å². The summed E-state index contributed by atoms with van der Waals surface area (Å²) < 4.78 is 5.51. The Morgan fingerprint density at radius 3 is 2.65 bits per heavy atom. The number of imide groups is 1. The first-order valence-corrected chi connectivity index (χ1v) is 8.26.